The Labute approximate surface area is 119 Å². The van der Waals surface area contributed by atoms with Crippen molar-refractivity contribution >= 4 is 17.8 Å². The van der Waals surface area contributed by atoms with Crippen molar-refractivity contribution in [2.75, 3.05) is 13.6 Å². The Morgan fingerprint density at radius 3 is 2.65 bits per heavy atom. The summed E-state index contributed by atoms with van der Waals surface area (Å²) in [6.07, 6.45) is 4.34. The van der Waals surface area contributed by atoms with Crippen LogP contribution in [0.5, 0.6) is 0 Å². The van der Waals surface area contributed by atoms with Gasteiger partial charge in [-0.25, -0.2) is 4.79 Å². The van der Waals surface area contributed by atoms with Crippen LogP contribution in [0.4, 0.5) is 4.79 Å². The molecule has 1 saturated heterocycles. The van der Waals surface area contributed by atoms with Crippen molar-refractivity contribution in [3.8, 4) is 0 Å². The molecule has 112 valence electrons. The number of hydrogen-bond donors (Lipinski definition) is 2. The molecule has 0 aromatic carbocycles. The summed E-state index contributed by atoms with van der Waals surface area (Å²) in [5, 5.41) is 5.00. The zero-order chi connectivity index (χ0) is 14.8. The minimum Gasteiger partial charge on any atom is -0.359 e. The first-order chi connectivity index (χ1) is 9.49. The number of nitrogens with one attached hydrogen (secondary N) is 2. The van der Waals surface area contributed by atoms with Gasteiger partial charge in [0.25, 0.3) is 5.91 Å². The van der Waals surface area contributed by atoms with Crippen LogP contribution in [0.2, 0.25) is 0 Å². The molecular weight excluding hydrogens is 258 g/mol. The fourth-order valence-electron chi connectivity index (χ4n) is 3.17. The Hall–Kier alpha value is -1.59. The van der Waals surface area contributed by atoms with Crippen molar-refractivity contribution in [3.63, 3.8) is 0 Å². The predicted molar refractivity (Wildman–Crippen MR) is 73.9 cm³/mol. The Balaban J connectivity index is 2.02. The van der Waals surface area contributed by atoms with E-state index in [2.05, 4.69) is 17.6 Å². The van der Waals surface area contributed by atoms with E-state index in [0.717, 1.165) is 25.7 Å². The fourth-order valence-corrected chi connectivity index (χ4v) is 3.17. The quantitative estimate of drug-likeness (QED) is 0.755. The number of nitrogens with zero attached hydrogens (tertiary/aromatic N) is 1. The molecule has 0 aromatic rings. The van der Waals surface area contributed by atoms with Crippen molar-refractivity contribution in [1.82, 2.24) is 15.5 Å². The summed E-state index contributed by atoms with van der Waals surface area (Å²) in [5.41, 5.74) is -0.660. The number of amides is 4. The molecule has 1 aliphatic carbocycles. The van der Waals surface area contributed by atoms with Gasteiger partial charge in [0.15, 0.2) is 0 Å². The Morgan fingerprint density at radius 2 is 2.05 bits per heavy atom. The highest BCUT2D eigenvalue weighted by atomic mass is 16.2. The van der Waals surface area contributed by atoms with Crippen LogP contribution in [0.3, 0.4) is 0 Å². The highest BCUT2D eigenvalue weighted by molar-refractivity contribution is 6.07. The lowest BCUT2D eigenvalue weighted by Gasteiger charge is -2.40. The lowest BCUT2D eigenvalue weighted by Crippen LogP contribution is -2.52. The zero-order valence-electron chi connectivity index (χ0n) is 12.2. The van der Waals surface area contributed by atoms with Gasteiger partial charge in [-0.1, -0.05) is 6.92 Å². The smallest absolute Gasteiger partial charge is 0.325 e. The molecule has 1 saturated carbocycles. The van der Waals surface area contributed by atoms with Crippen LogP contribution >= 0.6 is 0 Å². The normalized spacial score (nSPS) is 29.7. The van der Waals surface area contributed by atoms with Gasteiger partial charge < -0.3 is 10.2 Å². The second-order valence-corrected chi connectivity index (χ2v) is 5.90. The van der Waals surface area contributed by atoms with E-state index in [0.29, 0.717) is 25.3 Å². The highest BCUT2D eigenvalue weighted by Crippen LogP contribution is 2.39. The maximum atomic E-state index is 12.2. The van der Waals surface area contributed by atoms with Crippen molar-refractivity contribution in [3.05, 3.63) is 0 Å². The SMILES string of the molecule is CNC(=O)CCCN1C(=O)NC(=O)C12CCC(C)CC2. The molecule has 0 atom stereocenters. The third-order valence-corrected chi connectivity index (χ3v) is 4.57. The van der Waals surface area contributed by atoms with Crippen molar-refractivity contribution in [2.24, 2.45) is 5.92 Å². The molecule has 1 heterocycles. The number of carbonyl (C=O) groups excluding carboxylic acids is 3. The Bertz CT molecular complexity index is 414. The van der Waals surface area contributed by atoms with Crippen LogP contribution in [0.1, 0.15) is 45.4 Å². The number of imide groups is 1. The molecule has 2 aliphatic rings. The molecule has 0 bridgehead atoms. The molecule has 1 spiro atoms. The minimum atomic E-state index is -0.660. The second kappa shape index (κ2) is 5.81. The van der Waals surface area contributed by atoms with Gasteiger partial charge in [0.05, 0.1) is 0 Å². The first-order valence-electron chi connectivity index (χ1n) is 7.33. The molecule has 4 amide bonds. The van der Waals surface area contributed by atoms with Gasteiger partial charge >= 0.3 is 6.03 Å². The summed E-state index contributed by atoms with van der Waals surface area (Å²) in [6, 6.07) is -0.304. The van der Waals surface area contributed by atoms with E-state index in [1.807, 2.05) is 0 Å². The lowest BCUT2D eigenvalue weighted by atomic mass is 9.76. The van der Waals surface area contributed by atoms with Gasteiger partial charge in [0.1, 0.15) is 5.54 Å². The average Bonchev–Trinajstić information content (AvgIpc) is 2.65. The highest BCUT2D eigenvalue weighted by Gasteiger charge is 2.53. The number of urea groups is 1. The summed E-state index contributed by atoms with van der Waals surface area (Å²) >= 11 is 0. The van der Waals surface area contributed by atoms with Gasteiger partial charge in [0, 0.05) is 20.0 Å². The van der Waals surface area contributed by atoms with Gasteiger partial charge in [-0.3, -0.25) is 14.9 Å². The predicted octanol–water partition coefficient (Wildman–Crippen LogP) is 1.01. The fraction of sp³-hybridized carbons (Fsp3) is 0.786. The minimum absolute atomic E-state index is 0.0396. The molecular formula is C14H23N3O3. The summed E-state index contributed by atoms with van der Waals surface area (Å²) in [5.74, 6) is 0.411. The maximum Gasteiger partial charge on any atom is 0.325 e. The molecule has 0 radical (unpaired) electrons. The summed E-state index contributed by atoms with van der Waals surface area (Å²) in [6.45, 7) is 2.64. The van der Waals surface area contributed by atoms with Crippen LogP contribution in [-0.4, -0.2) is 41.9 Å². The van der Waals surface area contributed by atoms with Gasteiger partial charge in [0.2, 0.25) is 5.91 Å². The van der Waals surface area contributed by atoms with E-state index < -0.39 is 5.54 Å². The zero-order valence-corrected chi connectivity index (χ0v) is 12.2. The van der Waals surface area contributed by atoms with E-state index in [1.165, 1.54) is 0 Å². The Morgan fingerprint density at radius 1 is 1.40 bits per heavy atom. The number of hydrogen-bond acceptors (Lipinski definition) is 3. The van der Waals surface area contributed by atoms with Gasteiger partial charge in [-0.05, 0) is 38.0 Å². The van der Waals surface area contributed by atoms with Crippen LogP contribution in [-0.2, 0) is 9.59 Å². The van der Waals surface area contributed by atoms with Crippen molar-refractivity contribution in [1.29, 1.82) is 0 Å². The molecule has 0 aromatic heterocycles. The second-order valence-electron chi connectivity index (χ2n) is 5.90. The number of carbonyl (C=O) groups is 3. The van der Waals surface area contributed by atoms with Crippen molar-refractivity contribution in [2.45, 2.75) is 51.0 Å². The van der Waals surface area contributed by atoms with Crippen LogP contribution in [0.25, 0.3) is 0 Å². The topological polar surface area (TPSA) is 78.5 Å². The van der Waals surface area contributed by atoms with Crippen LogP contribution < -0.4 is 10.6 Å². The van der Waals surface area contributed by atoms with E-state index in [4.69, 9.17) is 0 Å². The first-order valence-corrected chi connectivity index (χ1v) is 7.33. The molecule has 1 aliphatic heterocycles. The Kier molecular flexibility index (Phi) is 4.30. The molecule has 2 rings (SSSR count). The molecule has 2 N–H and O–H groups in total. The van der Waals surface area contributed by atoms with Gasteiger partial charge in [-0.2, -0.15) is 0 Å². The maximum absolute atomic E-state index is 12.2. The monoisotopic (exact) mass is 281 g/mol. The largest absolute Gasteiger partial charge is 0.359 e. The summed E-state index contributed by atoms with van der Waals surface area (Å²) in [4.78, 5) is 37.1. The summed E-state index contributed by atoms with van der Waals surface area (Å²) < 4.78 is 0. The molecule has 0 unspecified atom stereocenters. The van der Waals surface area contributed by atoms with Crippen LogP contribution in [0.15, 0.2) is 0 Å². The first kappa shape index (κ1) is 14.8. The van der Waals surface area contributed by atoms with E-state index in [-0.39, 0.29) is 17.8 Å². The van der Waals surface area contributed by atoms with Crippen molar-refractivity contribution < 1.29 is 14.4 Å². The molecule has 6 heteroatoms. The molecule has 2 fully saturated rings. The molecule has 20 heavy (non-hydrogen) atoms. The molecule has 6 nitrogen and oxygen atoms in total. The third-order valence-electron chi connectivity index (χ3n) is 4.57. The third kappa shape index (κ3) is 2.64. The van der Waals surface area contributed by atoms with E-state index in [1.54, 1.807) is 11.9 Å². The number of rotatable bonds is 4. The summed E-state index contributed by atoms with van der Waals surface area (Å²) in [7, 11) is 1.60. The van der Waals surface area contributed by atoms with E-state index >= 15 is 0 Å². The van der Waals surface area contributed by atoms with Gasteiger partial charge in [-0.15, -0.1) is 0 Å². The lowest BCUT2D eigenvalue weighted by molar-refractivity contribution is -0.128. The van der Waals surface area contributed by atoms with E-state index in [9.17, 15) is 14.4 Å². The average molecular weight is 281 g/mol. The van der Waals surface area contributed by atoms with Crippen LogP contribution in [0, 0.1) is 5.92 Å². The standard InChI is InChI=1S/C14H23N3O3/c1-10-5-7-14(8-6-10)12(19)16-13(20)17(14)9-3-4-11(18)15-2/h10H,3-9H2,1-2H3,(H,15,18)(H,16,19,20).